The fourth-order valence-electron chi connectivity index (χ4n) is 1.43. The van der Waals surface area contributed by atoms with Gasteiger partial charge in [0.1, 0.15) is 6.61 Å². The van der Waals surface area contributed by atoms with Crippen LogP contribution < -0.4 is 11.1 Å². The molecule has 0 radical (unpaired) electrons. The molecule has 1 aromatic rings. The quantitative estimate of drug-likeness (QED) is 0.761. The Morgan fingerprint density at radius 1 is 1.35 bits per heavy atom. The lowest BCUT2D eigenvalue weighted by Crippen LogP contribution is -2.15. The normalized spacial score (nSPS) is 11.8. The van der Waals surface area contributed by atoms with Crippen molar-refractivity contribution in [1.29, 1.82) is 0 Å². The van der Waals surface area contributed by atoms with E-state index in [0.29, 0.717) is 5.69 Å². The van der Waals surface area contributed by atoms with Crippen molar-refractivity contribution in [3.8, 4) is 0 Å². The second-order valence-corrected chi connectivity index (χ2v) is 4.17. The topological polar surface area (TPSA) is 64.3 Å². The molecule has 0 saturated heterocycles. The van der Waals surface area contributed by atoms with Gasteiger partial charge in [-0.15, -0.1) is 12.4 Å². The van der Waals surface area contributed by atoms with E-state index in [2.05, 4.69) is 10.1 Å². The highest BCUT2D eigenvalue weighted by atomic mass is 35.5. The van der Waals surface area contributed by atoms with E-state index in [1.54, 1.807) is 12.1 Å². The average Bonchev–Trinajstić information content (AvgIpc) is 2.35. The molecule has 0 spiro atoms. The number of hydrogen-bond acceptors (Lipinski definition) is 3. The van der Waals surface area contributed by atoms with Crippen LogP contribution in [0.5, 0.6) is 0 Å². The van der Waals surface area contributed by atoms with Gasteiger partial charge in [-0.2, -0.15) is 0 Å². The number of carbonyl (C=O) groups is 1. The van der Waals surface area contributed by atoms with Crippen LogP contribution in [0.3, 0.4) is 0 Å². The molecule has 7 heteroatoms. The van der Waals surface area contributed by atoms with Crippen LogP contribution in [0.15, 0.2) is 24.3 Å². The summed E-state index contributed by atoms with van der Waals surface area (Å²) >= 11 is 0. The summed E-state index contributed by atoms with van der Waals surface area (Å²) in [5.74, 6) is -0.275. The van der Waals surface area contributed by atoms with Crippen LogP contribution >= 0.6 is 12.4 Å². The first-order valence-electron chi connectivity index (χ1n) is 6.00. The van der Waals surface area contributed by atoms with Gasteiger partial charge in [-0.3, -0.25) is 4.79 Å². The summed E-state index contributed by atoms with van der Waals surface area (Å²) in [5.41, 5.74) is 7.32. The lowest BCUT2D eigenvalue weighted by Gasteiger charge is -2.08. The van der Waals surface area contributed by atoms with E-state index in [1.807, 2.05) is 19.1 Å². The summed E-state index contributed by atoms with van der Waals surface area (Å²) in [6, 6.07) is 7.08. The molecule has 0 heterocycles. The van der Waals surface area contributed by atoms with Crippen molar-refractivity contribution in [3.05, 3.63) is 29.8 Å². The Morgan fingerprint density at radius 2 is 1.95 bits per heavy atom. The molecule has 3 N–H and O–H groups in total. The Hall–Kier alpha value is -1.24. The number of hydrogen-bond donors (Lipinski definition) is 2. The lowest BCUT2D eigenvalue weighted by atomic mass is 10.1. The van der Waals surface area contributed by atoms with Crippen LogP contribution in [0.25, 0.3) is 0 Å². The van der Waals surface area contributed by atoms with Crippen LogP contribution in [0, 0.1) is 0 Å². The molecule has 1 unspecified atom stereocenters. The van der Waals surface area contributed by atoms with Gasteiger partial charge in [0.25, 0.3) is 6.43 Å². The molecule has 0 aliphatic rings. The molecule has 1 amide bonds. The molecular weight excluding hydrogens is 290 g/mol. The van der Waals surface area contributed by atoms with Gasteiger partial charge in [-0.1, -0.05) is 12.1 Å². The molecule has 0 fully saturated rings. The van der Waals surface area contributed by atoms with E-state index in [0.717, 1.165) is 5.56 Å². The third-order valence-electron chi connectivity index (χ3n) is 2.44. The van der Waals surface area contributed by atoms with Crippen LogP contribution in [0.2, 0.25) is 0 Å². The number of ether oxygens (including phenoxy) is 1. The van der Waals surface area contributed by atoms with Gasteiger partial charge in [0.05, 0.1) is 13.0 Å². The number of benzene rings is 1. The Labute approximate surface area is 123 Å². The predicted molar refractivity (Wildman–Crippen MR) is 76.4 cm³/mol. The van der Waals surface area contributed by atoms with E-state index < -0.39 is 13.0 Å². The monoisotopic (exact) mass is 308 g/mol. The number of amides is 1. The zero-order chi connectivity index (χ0) is 14.3. The highest BCUT2D eigenvalue weighted by Crippen LogP contribution is 2.14. The first-order chi connectivity index (χ1) is 8.99. The van der Waals surface area contributed by atoms with Crippen LogP contribution in [-0.2, 0) is 9.53 Å². The Kier molecular flexibility index (Phi) is 9.03. The molecule has 1 atom stereocenters. The summed E-state index contributed by atoms with van der Waals surface area (Å²) in [7, 11) is 0. The SMILES string of the molecule is CC(N)c1ccc(NC(=O)CCOCC(F)F)cc1.Cl. The van der Waals surface area contributed by atoms with Gasteiger partial charge >= 0.3 is 0 Å². The molecule has 0 saturated carbocycles. The maximum absolute atomic E-state index is 11.8. The van der Waals surface area contributed by atoms with Crippen LogP contribution in [0.1, 0.15) is 24.9 Å². The fraction of sp³-hybridized carbons (Fsp3) is 0.462. The molecule has 1 aromatic carbocycles. The molecule has 20 heavy (non-hydrogen) atoms. The summed E-state index contributed by atoms with van der Waals surface area (Å²) in [6.07, 6.45) is -2.46. The van der Waals surface area contributed by atoms with Gasteiger partial charge in [0.15, 0.2) is 0 Å². The number of rotatable bonds is 7. The van der Waals surface area contributed by atoms with Crippen molar-refractivity contribution in [3.63, 3.8) is 0 Å². The first-order valence-corrected chi connectivity index (χ1v) is 6.00. The van der Waals surface area contributed by atoms with Crippen LogP contribution in [0.4, 0.5) is 14.5 Å². The van der Waals surface area contributed by atoms with E-state index >= 15 is 0 Å². The predicted octanol–water partition coefficient (Wildman–Crippen LogP) is 2.74. The van der Waals surface area contributed by atoms with E-state index in [-0.39, 0.29) is 37.4 Å². The standard InChI is InChI=1S/C13H18F2N2O2.ClH/c1-9(16)10-2-4-11(5-3-10)17-13(18)6-7-19-8-12(14)15;/h2-5,9,12H,6-8,16H2,1H3,(H,17,18);1H. The van der Waals surface area contributed by atoms with Gasteiger partial charge < -0.3 is 15.8 Å². The summed E-state index contributed by atoms with van der Waals surface area (Å²) in [5, 5.41) is 2.65. The zero-order valence-electron chi connectivity index (χ0n) is 11.1. The van der Waals surface area contributed by atoms with E-state index in [1.165, 1.54) is 0 Å². The first kappa shape index (κ1) is 18.8. The third kappa shape index (κ3) is 7.37. The molecule has 1 rings (SSSR count). The van der Waals surface area contributed by atoms with E-state index in [9.17, 15) is 13.6 Å². The van der Waals surface area contributed by atoms with Gasteiger partial charge in [0.2, 0.25) is 5.91 Å². The van der Waals surface area contributed by atoms with Crippen molar-refractivity contribution >= 4 is 24.0 Å². The van der Waals surface area contributed by atoms with Crippen molar-refractivity contribution in [1.82, 2.24) is 0 Å². The number of halogens is 3. The molecular formula is C13H19ClF2N2O2. The van der Waals surface area contributed by atoms with Crippen molar-refractivity contribution in [2.45, 2.75) is 25.8 Å². The Bertz CT molecular complexity index is 400. The Morgan fingerprint density at radius 3 is 2.45 bits per heavy atom. The van der Waals surface area contributed by atoms with Crippen molar-refractivity contribution < 1.29 is 18.3 Å². The molecule has 0 bridgehead atoms. The number of nitrogens with one attached hydrogen (secondary N) is 1. The minimum absolute atomic E-state index is 0. The van der Waals surface area contributed by atoms with Gasteiger partial charge in [0, 0.05) is 11.7 Å². The van der Waals surface area contributed by atoms with Gasteiger partial charge in [-0.25, -0.2) is 8.78 Å². The zero-order valence-corrected chi connectivity index (χ0v) is 12.0. The molecule has 0 aliphatic carbocycles. The van der Waals surface area contributed by atoms with Crippen LogP contribution in [-0.4, -0.2) is 25.5 Å². The molecule has 114 valence electrons. The average molecular weight is 309 g/mol. The minimum Gasteiger partial charge on any atom is -0.375 e. The number of carbonyl (C=O) groups excluding carboxylic acids is 1. The smallest absolute Gasteiger partial charge is 0.261 e. The van der Waals surface area contributed by atoms with Crippen molar-refractivity contribution in [2.75, 3.05) is 18.5 Å². The number of nitrogens with two attached hydrogens (primary N) is 1. The Balaban J connectivity index is 0.00000361. The lowest BCUT2D eigenvalue weighted by molar-refractivity contribution is -0.117. The van der Waals surface area contributed by atoms with Crippen molar-refractivity contribution in [2.24, 2.45) is 5.73 Å². The molecule has 0 aliphatic heterocycles. The minimum atomic E-state index is -2.51. The highest BCUT2D eigenvalue weighted by molar-refractivity contribution is 5.90. The summed E-state index contributed by atoms with van der Waals surface area (Å²) < 4.78 is 28.2. The van der Waals surface area contributed by atoms with E-state index in [4.69, 9.17) is 5.73 Å². The summed E-state index contributed by atoms with van der Waals surface area (Å²) in [4.78, 5) is 11.5. The molecule has 4 nitrogen and oxygen atoms in total. The highest BCUT2D eigenvalue weighted by Gasteiger charge is 2.06. The van der Waals surface area contributed by atoms with Gasteiger partial charge in [-0.05, 0) is 24.6 Å². The largest absolute Gasteiger partial charge is 0.375 e. The number of alkyl halides is 2. The number of anilines is 1. The summed E-state index contributed by atoms with van der Waals surface area (Å²) in [6.45, 7) is 1.21. The second kappa shape index (κ2) is 9.63. The second-order valence-electron chi connectivity index (χ2n) is 4.17. The maximum Gasteiger partial charge on any atom is 0.261 e. The maximum atomic E-state index is 11.8. The fourth-order valence-corrected chi connectivity index (χ4v) is 1.43. The molecule has 0 aromatic heterocycles. The third-order valence-corrected chi connectivity index (χ3v) is 2.44.